The number of fused-ring (bicyclic) bond motifs is 5. The van der Waals surface area contributed by atoms with Crippen LogP contribution in [0.3, 0.4) is 0 Å². The van der Waals surface area contributed by atoms with Crippen molar-refractivity contribution in [1.82, 2.24) is 4.57 Å². The summed E-state index contributed by atoms with van der Waals surface area (Å²) >= 11 is 0. The molecule has 1 aromatic heterocycles. The molecule has 0 amide bonds. The minimum Gasteiger partial charge on any atom is -0.457 e. The van der Waals surface area contributed by atoms with E-state index in [1.165, 1.54) is 0 Å². The second-order valence-corrected chi connectivity index (χ2v) is 8.10. The van der Waals surface area contributed by atoms with Crippen LogP contribution in [0.25, 0.3) is 38.6 Å². The van der Waals surface area contributed by atoms with Gasteiger partial charge in [-0.1, -0.05) is 86.4 Å². The Morgan fingerprint density at radius 1 is 0.686 bits per heavy atom. The Morgan fingerprint density at radius 2 is 1.31 bits per heavy atom. The summed E-state index contributed by atoms with van der Waals surface area (Å²) in [6, 6.07) is 4.59. The molecule has 7 rings (SSSR count). The predicted octanol–water partition coefficient (Wildman–Crippen LogP) is 8.88. The van der Waals surface area contributed by atoms with Crippen LogP contribution >= 0.6 is 0 Å². The van der Waals surface area contributed by atoms with E-state index >= 15 is 0 Å². The van der Waals surface area contributed by atoms with Gasteiger partial charge in [-0.15, -0.1) is 0 Å². The van der Waals surface area contributed by atoms with E-state index in [9.17, 15) is 1.37 Å². The lowest BCUT2D eigenvalue weighted by atomic mass is 9.75. The monoisotopic (exact) mass is 468 g/mol. The number of benzene rings is 5. The summed E-state index contributed by atoms with van der Waals surface area (Å²) in [7, 11) is 0. The van der Waals surface area contributed by atoms with Crippen molar-refractivity contribution in [3.8, 4) is 28.3 Å². The summed E-state index contributed by atoms with van der Waals surface area (Å²) in [6.45, 7) is -7.44. The van der Waals surface area contributed by atoms with Gasteiger partial charge < -0.3 is 9.30 Å². The van der Waals surface area contributed by atoms with E-state index in [-0.39, 0.29) is 5.69 Å². The highest BCUT2D eigenvalue weighted by molar-refractivity contribution is 6.09. The zero-order chi connectivity index (χ0) is 38.1. The summed E-state index contributed by atoms with van der Waals surface area (Å²) in [6.07, 6.45) is 0. The first-order valence-electron chi connectivity index (χ1n) is 19.2. The molecule has 2 nitrogen and oxygen atoms in total. The Labute approximate surface area is 228 Å². The molecule has 0 aliphatic carbocycles. The van der Waals surface area contributed by atoms with Gasteiger partial charge in [0.15, 0.2) is 0 Å². The fraction of sp³-hybridized carbons (Fsp3) is 0.0909. The molecule has 0 bridgehead atoms. The molecular formula is C33H25NO. The van der Waals surface area contributed by atoms with Crippen molar-refractivity contribution < 1.29 is 28.0 Å². The highest BCUT2D eigenvalue weighted by Crippen LogP contribution is 2.48. The molecule has 0 saturated carbocycles. The molecule has 1 aliphatic heterocycles. The van der Waals surface area contributed by atoms with Crippen molar-refractivity contribution >= 4 is 21.8 Å². The molecule has 2 heterocycles. The minimum absolute atomic E-state index is 0.175. The topological polar surface area (TPSA) is 14.2 Å². The second kappa shape index (κ2) is 7.35. The van der Waals surface area contributed by atoms with Crippen LogP contribution in [-0.4, -0.2) is 4.57 Å². The summed E-state index contributed by atoms with van der Waals surface area (Å²) in [4.78, 5) is 0. The fourth-order valence-electron chi connectivity index (χ4n) is 4.44. The van der Waals surface area contributed by atoms with Crippen molar-refractivity contribution in [2.24, 2.45) is 0 Å². The molecule has 0 saturated heterocycles. The van der Waals surface area contributed by atoms with Crippen molar-refractivity contribution in [3.63, 3.8) is 0 Å². The average molecular weight is 469 g/mol. The van der Waals surface area contributed by atoms with Crippen LogP contribution in [0.2, 0.25) is 0 Å². The van der Waals surface area contributed by atoms with Crippen LogP contribution < -0.4 is 4.74 Å². The fourth-order valence-corrected chi connectivity index (χ4v) is 4.44. The zero-order valence-electron chi connectivity index (χ0n) is 35.0. The molecule has 1 aliphatic rings. The second-order valence-electron chi connectivity index (χ2n) is 8.10. The Bertz CT molecular complexity index is 2450. The molecule has 0 radical (unpaired) electrons. The van der Waals surface area contributed by atoms with Crippen molar-refractivity contribution in [2.75, 3.05) is 0 Å². The molecule has 0 N–H and O–H groups in total. The molecule has 35 heavy (non-hydrogen) atoms. The normalized spacial score (nSPS) is 21.5. The standard InChI is InChI=1S/C33H25NO/c1-33(2)27-11-5-8-14-31(27)35-32-20-17-23(21-28(32)33)22-15-18-24(19-16-22)34-29-12-6-3-9-25(29)26-10-4-7-13-30(26)34/h3-21H,1-2H3/i1D3,2D3,5D,8D,11D,14D,15D,16D,17D,18D,19D,20D,21D. The van der Waals surface area contributed by atoms with Crippen LogP contribution in [0.1, 0.15) is 48.1 Å². The number of hydrogen-bond acceptors (Lipinski definition) is 1. The first-order chi connectivity index (χ1) is 24.2. The number of ether oxygens (including phenoxy) is 1. The van der Waals surface area contributed by atoms with Gasteiger partial charge in [0.2, 0.25) is 0 Å². The lowest BCUT2D eigenvalue weighted by Crippen LogP contribution is -2.24. The first kappa shape index (κ1) is 9.39. The molecule has 0 atom stereocenters. The van der Waals surface area contributed by atoms with E-state index in [1.54, 1.807) is 28.8 Å². The van der Waals surface area contributed by atoms with Crippen LogP contribution in [0.15, 0.2) is 115 Å². The van der Waals surface area contributed by atoms with Crippen LogP contribution in [-0.2, 0) is 5.41 Å². The lowest BCUT2D eigenvalue weighted by molar-refractivity contribution is 0.418. The molecular weight excluding hydrogens is 426 g/mol. The molecule has 2 heteroatoms. The van der Waals surface area contributed by atoms with Gasteiger partial charge in [0.05, 0.1) is 26.1 Å². The largest absolute Gasteiger partial charge is 0.457 e. The van der Waals surface area contributed by atoms with Crippen molar-refractivity contribution in [2.45, 2.75) is 19.1 Å². The van der Waals surface area contributed by atoms with Gasteiger partial charge in [-0.05, 0) is 53.5 Å². The molecule has 5 aromatic carbocycles. The highest BCUT2D eigenvalue weighted by Gasteiger charge is 2.34. The SMILES string of the molecule is [2H]c1c([2H])c([2H])c2c(c1[2H])Oc1c([2H])c([2H])c(-c3c([2H])c([2H])c(-n4c5ccccc5c5ccccc54)c([2H])c3[2H])c([2H])c1C2(C([2H])([2H])[2H])C([2H])([2H])[2H]. The number of rotatable bonds is 2. The molecule has 168 valence electrons. The van der Waals surface area contributed by atoms with Gasteiger partial charge in [-0.2, -0.15) is 0 Å². The Morgan fingerprint density at radius 3 is 2.03 bits per heavy atom. The maximum Gasteiger partial charge on any atom is 0.131 e. The summed E-state index contributed by atoms with van der Waals surface area (Å²) in [5.74, 6) is -1.83. The Balaban J connectivity index is 1.63. The number of aromatic nitrogens is 1. The van der Waals surface area contributed by atoms with Gasteiger partial charge in [0.25, 0.3) is 0 Å². The van der Waals surface area contributed by atoms with Crippen LogP contribution in [0.5, 0.6) is 11.5 Å². The van der Waals surface area contributed by atoms with Gasteiger partial charge in [0.1, 0.15) is 11.5 Å². The van der Waals surface area contributed by atoms with E-state index in [4.69, 9.17) is 26.7 Å². The number of hydrogen-bond donors (Lipinski definition) is 0. The summed E-state index contributed by atoms with van der Waals surface area (Å²) in [5, 5.41) is 1.52. The Kier molecular flexibility index (Phi) is 1.97. The van der Waals surface area contributed by atoms with E-state index < -0.39 is 119 Å². The van der Waals surface area contributed by atoms with Gasteiger partial charge in [-0.3, -0.25) is 0 Å². The first-order valence-corrected chi connectivity index (χ1v) is 10.7. The van der Waals surface area contributed by atoms with Crippen LogP contribution in [0.4, 0.5) is 0 Å². The number of para-hydroxylation sites is 3. The maximum absolute atomic E-state index is 9.35. The van der Waals surface area contributed by atoms with Gasteiger partial charge in [0, 0.05) is 41.2 Å². The smallest absolute Gasteiger partial charge is 0.131 e. The van der Waals surface area contributed by atoms with E-state index in [0.29, 0.717) is 11.0 Å². The summed E-state index contributed by atoms with van der Waals surface area (Å²) in [5.41, 5.74) is -6.03. The Hall–Kier alpha value is -4.30. The predicted molar refractivity (Wildman–Crippen MR) is 145 cm³/mol. The zero-order valence-corrected chi connectivity index (χ0v) is 18.0. The van der Waals surface area contributed by atoms with Gasteiger partial charge in [-0.25, -0.2) is 0 Å². The molecule has 6 aromatic rings. The quantitative estimate of drug-likeness (QED) is 0.247. The van der Waals surface area contributed by atoms with E-state index in [2.05, 4.69) is 0 Å². The maximum atomic E-state index is 9.35. The molecule has 0 spiro atoms. The van der Waals surface area contributed by atoms with Gasteiger partial charge >= 0.3 is 0 Å². The molecule has 0 unspecified atom stereocenters. The highest BCUT2D eigenvalue weighted by atomic mass is 16.5. The third-order valence-corrected chi connectivity index (χ3v) is 6.05. The lowest BCUT2D eigenvalue weighted by Gasteiger charge is -2.34. The minimum atomic E-state index is -3.72. The van der Waals surface area contributed by atoms with Crippen LogP contribution in [0, 0.1) is 0 Å². The average Bonchev–Trinajstić information content (AvgIpc) is 3.41. The van der Waals surface area contributed by atoms with E-state index in [1.807, 2.05) is 24.3 Å². The third kappa shape index (κ3) is 2.96. The number of nitrogens with zero attached hydrogens (tertiary/aromatic N) is 1. The molecule has 0 fully saturated rings. The van der Waals surface area contributed by atoms with Crippen molar-refractivity contribution in [1.29, 1.82) is 0 Å². The summed E-state index contributed by atoms with van der Waals surface area (Å²) < 4.78 is 156. The van der Waals surface area contributed by atoms with E-state index in [0.717, 1.165) is 10.8 Å². The van der Waals surface area contributed by atoms with Crippen molar-refractivity contribution in [3.05, 3.63) is 126 Å². The third-order valence-electron chi connectivity index (χ3n) is 6.05.